The summed E-state index contributed by atoms with van der Waals surface area (Å²) in [6.07, 6.45) is 2.38. The van der Waals surface area contributed by atoms with Crippen LogP contribution in [0.5, 0.6) is 0 Å². The van der Waals surface area contributed by atoms with E-state index in [2.05, 4.69) is 17.1 Å². The minimum atomic E-state index is -0.803. The molecule has 3 amide bonds. The topological polar surface area (TPSA) is 87.5 Å². The first-order valence-electron chi connectivity index (χ1n) is 5.67. The van der Waals surface area contributed by atoms with Gasteiger partial charge in [0.05, 0.1) is 6.54 Å². The molecular weight excluding hydrogens is 208 g/mol. The molecule has 1 aliphatic rings. The molecule has 0 spiro atoms. The number of amides is 3. The first-order chi connectivity index (χ1) is 7.63. The predicted octanol–water partition coefficient (Wildman–Crippen LogP) is -0.745. The van der Waals surface area contributed by atoms with Gasteiger partial charge in [0.1, 0.15) is 0 Å². The summed E-state index contributed by atoms with van der Waals surface area (Å²) in [6.45, 7) is 5.23. The lowest BCUT2D eigenvalue weighted by Crippen LogP contribution is -2.44. The number of urea groups is 1. The Balaban J connectivity index is 2.15. The molecule has 1 aliphatic heterocycles. The van der Waals surface area contributed by atoms with E-state index in [0.29, 0.717) is 6.04 Å². The summed E-state index contributed by atoms with van der Waals surface area (Å²) in [7, 11) is 0. The maximum Gasteiger partial charge on any atom is 0.318 e. The smallest absolute Gasteiger partial charge is 0.318 e. The molecule has 1 fully saturated rings. The fraction of sp³-hybridized carbons (Fsp3) is 0.800. The molecule has 0 saturated carbocycles. The maximum atomic E-state index is 11.1. The summed E-state index contributed by atoms with van der Waals surface area (Å²) in [5, 5.41) is 5.05. The maximum absolute atomic E-state index is 11.1. The molecule has 0 bridgehead atoms. The van der Waals surface area contributed by atoms with Crippen molar-refractivity contribution < 1.29 is 9.59 Å². The minimum Gasteiger partial charge on any atom is -0.351 e. The second-order valence-corrected chi connectivity index (χ2v) is 3.97. The van der Waals surface area contributed by atoms with Gasteiger partial charge in [-0.25, -0.2) is 4.79 Å². The lowest BCUT2D eigenvalue weighted by atomic mass is 10.2. The monoisotopic (exact) mass is 228 g/mol. The Kier molecular flexibility index (Phi) is 5.21. The third kappa shape index (κ3) is 4.16. The normalized spacial score (nSPS) is 20.9. The molecule has 4 N–H and O–H groups in total. The van der Waals surface area contributed by atoms with E-state index >= 15 is 0 Å². The fourth-order valence-corrected chi connectivity index (χ4v) is 2.08. The number of primary amides is 1. The third-order valence-electron chi connectivity index (χ3n) is 2.83. The summed E-state index contributed by atoms with van der Waals surface area (Å²) in [6, 6.07) is -0.297. The van der Waals surface area contributed by atoms with Crippen molar-refractivity contribution in [2.45, 2.75) is 25.8 Å². The Morgan fingerprint density at radius 2 is 2.25 bits per heavy atom. The number of hydrogen-bond donors (Lipinski definition) is 3. The predicted molar refractivity (Wildman–Crippen MR) is 60.9 cm³/mol. The Hall–Kier alpha value is -1.14. The van der Waals surface area contributed by atoms with Gasteiger partial charge in [0.15, 0.2) is 0 Å². The number of nitrogens with two attached hydrogens (primary N) is 1. The van der Waals surface area contributed by atoms with Crippen molar-refractivity contribution in [1.82, 2.24) is 15.5 Å². The lowest BCUT2D eigenvalue weighted by Gasteiger charge is -2.22. The van der Waals surface area contributed by atoms with Crippen LogP contribution in [0.2, 0.25) is 0 Å². The molecule has 1 rings (SSSR count). The zero-order chi connectivity index (χ0) is 12.0. The van der Waals surface area contributed by atoms with E-state index in [-0.39, 0.29) is 12.5 Å². The Labute approximate surface area is 95.5 Å². The van der Waals surface area contributed by atoms with Crippen LogP contribution in [0, 0.1) is 0 Å². The highest BCUT2D eigenvalue weighted by atomic mass is 16.2. The van der Waals surface area contributed by atoms with Crippen molar-refractivity contribution in [3.05, 3.63) is 0 Å². The molecule has 16 heavy (non-hydrogen) atoms. The average molecular weight is 228 g/mol. The van der Waals surface area contributed by atoms with Crippen LogP contribution in [0.15, 0.2) is 0 Å². The summed E-state index contributed by atoms with van der Waals surface area (Å²) < 4.78 is 0. The van der Waals surface area contributed by atoms with Crippen molar-refractivity contribution in [1.29, 1.82) is 0 Å². The molecule has 1 atom stereocenters. The van der Waals surface area contributed by atoms with Crippen LogP contribution in [-0.4, -0.2) is 49.1 Å². The van der Waals surface area contributed by atoms with Gasteiger partial charge in [-0.05, 0) is 25.9 Å². The molecule has 0 aliphatic carbocycles. The van der Waals surface area contributed by atoms with Crippen LogP contribution in [0.4, 0.5) is 4.79 Å². The molecule has 6 nitrogen and oxygen atoms in total. The molecular formula is C10H20N4O2. The number of likely N-dealkylation sites (N-methyl/N-ethyl adjacent to an activating group) is 1. The number of likely N-dealkylation sites (tertiary alicyclic amines) is 1. The Bertz CT molecular complexity index is 257. The molecule has 0 aromatic carbocycles. The zero-order valence-electron chi connectivity index (χ0n) is 9.66. The zero-order valence-corrected chi connectivity index (χ0v) is 9.66. The van der Waals surface area contributed by atoms with E-state index in [9.17, 15) is 9.59 Å². The first-order valence-corrected chi connectivity index (χ1v) is 5.67. The molecule has 0 aromatic heterocycles. The molecule has 92 valence electrons. The van der Waals surface area contributed by atoms with Crippen molar-refractivity contribution in [2.75, 3.05) is 26.2 Å². The van der Waals surface area contributed by atoms with Crippen molar-refractivity contribution in [2.24, 2.45) is 5.73 Å². The van der Waals surface area contributed by atoms with Crippen LogP contribution < -0.4 is 16.4 Å². The highest BCUT2D eigenvalue weighted by Gasteiger charge is 2.22. The van der Waals surface area contributed by atoms with Gasteiger partial charge in [0.2, 0.25) is 5.91 Å². The van der Waals surface area contributed by atoms with Crippen molar-refractivity contribution >= 4 is 11.9 Å². The number of imide groups is 1. The number of carbonyl (C=O) groups excluding carboxylic acids is 2. The molecule has 0 aromatic rings. The van der Waals surface area contributed by atoms with E-state index < -0.39 is 6.03 Å². The highest BCUT2D eigenvalue weighted by molar-refractivity contribution is 5.94. The molecule has 1 saturated heterocycles. The molecule has 1 heterocycles. The van der Waals surface area contributed by atoms with Crippen LogP contribution in [0.3, 0.4) is 0 Å². The van der Waals surface area contributed by atoms with Gasteiger partial charge < -0.3 is 11.1 Å². The van der Waals surface area contributed by atoms with E-state index in [4.69, 9.17) is 5.73 Å². The number of hydrogen-bond acceptors (Lipinski definition) is 4. The number of nitrogens with one attached hydrogen (secondary N) is 2. The first kappa shape index (κ1) is 12.9. The highest BCUT2D eigenvalue weighted by Crippen LogP contribution is 2.15. The van der Waals surface area contributed by atoms with Crippen LogP contribution in [0.1, 0.15) is 19.8 Å². The van der Waals surface area contributed by atoms with E-state index in [0.717, 1.165) is 26.1 Å². The van der Waals surface area contributed by atoms with E-state index in [1.54, 1.807) is 0 Å². The van der Waals surface area contributed by atoms with Gasteiger partial charge in [-0.3, -0.25) is 15.0 Å². The second kappa shape index (κ2) is 6.44. The third-order valence-corrected chi connectivity index (χ3v) is 2.83. The SMILES string of the molecule is CCN1CCCC1CNCC(=O)NC(N)=O. The summed E-state index contributed by atoms with van der Waals surface area (Å²) in [4.78, 5) is 23.9. The quantitative estimate of drug-likeness (QED) is 0.578. The van der Waals surface area contributed by atoms with E-state index in [1.807, 2.05) is 5.32 Å². The molecule has 1 unspecified atom stereocenters. The van der Waals surface area contributed by atoms with Gasteiger partial charge in [0, 0.05) is 12.6 Å². The fourth-order valence-electron chi connectivity index (χ4n) is 2.08. The Morgan fingerprint density at radius 1 is 1.50 bits per heavy atom. The number of rotatable bonds is 5. The summed E-state index contributed by atoms with van der Waals surface area (Å²) >= 11 is 0. The van der Waals surface area contributed by atoms with Gasteiger partial charge in [-0.1, -0.05) is 6.92 Å². The summed E-state index contributed by atoms with van der Waals surface area (Å²) in [5.74, 6) is -0.381. The standard InChI is InChI=1S/C10H20N4O2/c1-2-14-5-3-4-8(14)6-12-7-9(15)13-10(11)16/h8,12H,2-7H2,1H3,(H3,11,13,15,16). The van der Waals surface area contributed by atoms with Gasteiger partial charge >= 0.3 is 6.03 Å². The van der Waals surface area contributed by atoms with Crippen LogP contribution >= 0.6 is 0 Å². The van der Waals surface area contributed by atoms with Gasteiger partial charge in [-0.2, -0.15) is 0 Å². The Morgan fingerprint density at radius 3 is 2.88 bits per heavy atom. The minimum absolute atomic E-state index is 0.136. The summed E-state index contributed by atoms with van der Waals surface area (Å²) in [5.41, 5.74) is 4.82. The van der Waals surface area contributed by atoms with Gasteiger partial charge in [-0.15, -0.1) is 0 Å². The lowest BCUT2D eigenvalue weighted by molar-refractivity contribution is -0.119. The number of carbonyl (C=O) groups is 2. The average Bonchev–Trinajstić information content (AvgIpc) is 2.64. The van der Waals surface area contributed by atoms with E-state index in [1.165, 1.54) is 6.42 Å². The van der Waals surface area contributed by atoms with Crippen molar-refractivity contribution in [3.8, 4) is 0 Å². The van der Waals surface area contributed by atoms with Gasteiger partial charge in [0.25, 0.3) is 0 Å². The van der Waals surface area contributed by atoms with Crippen LogP contribution in [-0.2, 0) is 4.79 Å². The van der Waals surface area contributed by atoms with Crippen molar-refractivity contribution in [3.63, 3.8) is 0 Å². The largest absolute Gasteiger partial charge is 0.351 e. The molecule has 6 heteroatoms. The molecule has 0 radical (unpaired) electrons. The number of nitrogens with zero attached hydrogens (tertiary/aromatic N) is 1. The van der Waals surface area contributed by atoms with Crippen LogP contribution in [0.25, 0.3) is 0 Å². The second-order valence-electron chi connectivity index (χ2n) is 3.97.